The van der Waals surface area contributed by atoms with Gasteiger partial charge in [0.05, 0.1) is 4.92 Å². The molecule has 0 spiro atoms. The third kappa shape index (κ3) is 5.37. The maximum Gasteiger partial charge on any atom is 0.289 e. The van der Waals surface area contributed by atoms with Gasteiger partial charge in [-0.2, -0.15) is 0 Å². The Morgan fingerprint density at radius 3 is 2.62 bits per heavy atom. The van der Waals surface area contributed by atoms with Gasteiger partial charge < -0.3 is 0 Å². The second-order valence-corrected chi connectivity index (χ2v) is 7.49. The summed E-state index contributed by atoms with van der Waals surface area (Å²) in [6, 6.07) is 3.61. The maximum absolute atomic E-state index is 12.3. The monoisotopic (exact) mass is 378 g/mol. The summed E-state index contributed by atoms with van der Waals surface area (Å²) in [5, 5.41) is 11.0. The smallest absolute Gasteiger partial charge is 0.258 e. The summed E-state index contributed by atoms with van der Waals surface area (Å²) < 4.78 is 27.6. The van der Waals surface area contributed by atoms with Crippen molar-refractivity contribution < 1.29 is 13.3 Å². The van der Waals surface area contributed by atoms with Crippen LogP contribution in [0.2, 0.25) is 0 Å². The lowest BCUT2D eigenvalue weighted by Crippen LogP contribution is -2.33. The number of unbranched alkanes of at least 4 members (excludes halogenated alkanes) is 2. The fraction of sp³-hybridized carbons (Fsp3) is 0.538. The van der Waals surface area contributed by atoms with Crippen LogP contribution in [0, 0.1) is 10.1 Å². The van der Waals surface area contributed by atoms with Crippen molar-refractivity contribution in [2.75, 3.05) is 0 Å². The number of benzene rings is 1. The van der Waals surface area contributed by atoms with Gasteiger partial charge in [-0.3, -0.25) is 10.1 Å². The Labute approximate surface area is 133 Å². The van der Waals surface area contributed by atoms with Crippen molar-refractivity contribution in [3.63, 3.8) is 0 Å². The number of hydrogen-bond donors (Lipinski definition) is 1. The van der Waals surface area contributed by atoms with Crippen LogP contribution >= 0.6 is 15.9 Å². The number of nitrogens with one attached hydrogen (secondary N) is 1. The molecule has 118 valence electrons. The predicted octanol–water partition coefficient (Wildman–Crippen LogP) is 3.60. The molecule has 6 nitrogen and oxygen atoms in total. The van der Waals surface area contributed by atoms with E-state index in [0.29, 0.717) is 10.9 Å². The molecule has 0 saturated carbocycles. The van der Waals surface area contributed by atoms with Crippen LogP contribution in [0.5, 0.6) is 0 Å². The van der Waals surface area contributed by atoms with Crippen molar-refractivity contribution in [2.45, 2.75) is 50.5 Å². The van der Waals surface area contributed by atoms with Gasteiger partial charge in [0.1, 0.15) is 0 Å². The van der Waals surface area contributed by atoms with E-state index < -0.39 is 20.6 Å². The molecule has 0 aliphatic carbocycles. The lowest BCUT2D eigenvalue weighted by Gasteiger charge is -2.14. The fourth-order valence-corrected chi connectivity index (χ4v) is 3.93. The first-order valence-corrected chi connectivity index (χ1v) is 9.01. The van der Waals surface area contributed by atoms with E-state index in [1.165, 1.54) is 18.2 Å². The highest BCUT2D eigenvalue weighted by molar-refractivity contribution is 9.10. The standard InChI is InChI=1S/C13H19BrN2O4S/c1-3-4-5-6-10(2)15-21(19,20)13-9-11(14)7-8-12(13)16(17)18/h7-10,15H,3-6H2,1-2H3. The average molecular weight is 379 g/mol. The van der Waals surface area contributed by atoms with Crippen molar-refractivity contribution in [3.05, 3.63) is 32.8 Å². The first-order chi connectivity index (χ1) is 9.77. The summed E-state index contributed by atoms with van der Waals surface area (Å²) in [7, 11) is -3.92. The summed E-state index contributed by atoms with van der Waals surface area (Å²) in [4.78, 5) is 9.97. The van der Waals surface area contributed by atoms with Crippen molar-refractivity contribution in [1.29, 1.82) is 0 Å². The number of halogens is 1. The second kappa shape index (κ2) is 7.86. The Bertz CT molecular complexity index is 604. The molecule has 0 fully saturated rings. The molecule has 1 rings (SSSR count). The third-order valence-electron chi connectivity index (χ3n) is 3.01. The Morgan fingerprint density at radius 1 is 1.38 bits per heavy atom. The molecule has 0 aromatic heterocycles. The minimum atomic E-state index is -3.92. The Kier molecular flexibility index (Phi) is 6.76. The van der Waals surface area contributed by atoms with Gasteiger partial charge in [-0.15, -0.1) is 0 Å². The fourth-order valence-electron chi connectivity index (χ4n) is 1.94. The molecule has 1 aromatic rings. The Morgan fingerprint density at radius 2 is 2.05 bits per heavy atom. The van der Waals surface area contributed by atoms with Crippen LogP contribution in [0.1, 0.15) is 39.5 Å². The first-order valence-electron chi connectivity index (χ1n) is 6.74. The molecule has 8 heteroatoms. The van der Waals surface area contributed by atoms with E-state index >= 15 is 0 Å². The Hall–Kier alpha value is -0.990. The molecule has 0 radical (unpaired) electrons. The van der Waals surface area contributed by atoms with E-state index in [-0.39, 0.29) is 10.9 Å². The van der Waals surface area contributed by atoms with Gasteiger partial charge in [0.15, 0.2) is 4.90 Å². The molecule has 0 bridgehead atoms. The van der Waals surface area contributed by atoms with Gasteiger partial charge in [-0.25, -0.2) is 13.1 Å². The number of sulfonamides is 1. The molecule has 0 aliphatic rings. The van der Waals surface area contributed by atoms with Crippen LogP contribution < -0.4 is 4.72 Å². The van der Waals surface area contributed by atoms with Crippen molar-refractivity contribution in [3.8, 4) is 0 Å². The minimum Gasteiger partial charge on any atom is -0.258 e. The number of nitrogens with zero attached hydrogens (tertiary/aromatic N) is 1. The van der Waals surface area contributed by atoms with Crippen molar-refractivity contribution in [2.24, 2.45) is 0 Å². The lowest BCUT2D eigenvalue weighted by molar-refractivity contribution is -0.387. The van der Waals surface area contributed by atoms with E-state index in [4.69, 9.17) is 0 Å². The Balaban J connectivity index is 2.97. The minimum absolute atomic E-state index is 0.264. The predicted molar refractivity (Wildman–Crippen MR) is 84.7 cm³/mol. The number of nitro groups is 1. The van der Waals surface area contributed by atoms with E-state index in [1.807, 2.05) is 0 Å². The first kappa shape index (κ1) is 18.1. The van der Waals surface area contributed by atoms with Crippen LogP contribution in [0.4, 0.5) is 5.69 Å². The molecule has 0 amide bonds. The van der Waals surface area contributed by atoms with E-state index in [0.717, 1.165) is 19.3 Å². The van der Waals surface area contributed by atoms with Gasteiger partial charge >= 0.3 is 0 Å². The summed E-state index contributed by atoms with van der Waals surface area (Å²) in [6.07, 6.45) is 3.70. The normalized spacial score (nSPS) is 13.1. The highest BCUT2D eigenvalue weighted by atomic mass is 79.9. The van der Waals surface area contributed by atoms with Gasteiger partial charge in [0.25, 0.3) is 5.69 Å². The summed E-state index contributed by atoms with van der Waals surface area (Å²) in [5.74, 6) is 0. The van der Waals surface area contributed by atoms with E-state index in [1.54, 1.807) is 6.92 Å². The second-order valence-electron chi connectivity index (χ2n) is 4.89. The van der Waals surface area contributed by atoms with Crippen molar-refractivity contribution >= 4 is 31.6 Å². The van der Waals surface area contributed by atoms with E-state index in [2.05, 4.69) is 27.6 Å². The van der Waals surface area contributed by atoms with Crippen LogP contribution in [0.25, 0.3) is 0 Å². The third-order valence-corrected chi connectivity index (χ3v) is 5.12. The van der Waals surface area contributed by atoms with Crippen molar-refractivity contribution in [1.82, 2.24) is 4.72 Å². The van der Waals surface area contributed by atoms with Gasteiger partial charge in [0, 0.05) is 16.6 Å². The summed E-state index contributed by atoms with van der Waals surface area (Å²) in [6.45, 7) is 3.83. The van der Waals surface area contributed by atoms with Crippen LogP contribution in [-0.4, -0.2) is 19.4 Å². The molecular weight excluding hydrogens is 360 g/mol. The molecular formula is C13H19BrN2O4S. The van der Waals surface area contributed by atoms with Crippen LogP contribution in [0.15, 0.2) is 27.6 Å². The van der Waals surface area contributed by atoms with Crippen LogP contribution in [0.3, 0.4) is 0 Å². The molecule has 0 heterocycles. The summed E-state index contributed by atoms with van der Waals surface area (Å²) >= 11 is 3.14. The largest absolute Gasteiger partial charge is 0.289 e. The van der Waals surface area contributed by atoms with Gasteiger partial charge in [-0.1, -0.05) is 42.1 Å². The molecule has 0 aliphatic heterocycles. The summed E-state index contributed by atoms with van der Waals surface area (Å²) in [5.41, 5.74) is -0.425. The molecule has 1 unspecified atom stereocenters. The molecule has 0 saturated heterocycles. The zero-order valence-corrected chi connectivity index (χ0v) is 14.4. The lowest BCUT2D eigenvalue weighted by atomic mass is 10.1. The maximum atomic E-state index is 12.3. The highest BCUT2D eigenvalue weighted by Crippen LogP contribution is 2.27. The topological polar surface area (TPSA) is 89.3 Å². The quantitative estimate of drug-likeness (QED) is 0.425. The van der Waals surface area contributed by atoms with Gasteiger partial charge in [0.2, 0.25) is 10.0 Å². The van der Waals surface area contributed by atoms with E-state index in [9.17, 15) is 18.5 Å². The van der Waals surface area contributed by atoms with Crippen LogP contribution in [-0.2, 0) is 10.0 Å². The zero-order valence-electron chi connectivity index (χ0n) is 12.0. The number of rotatable bonds is 8. The molecule has 1 aromatic carbocycles. The SMILES string of the molecule is CCCCCC(C)NS(=O)(=O)c1cc(Br)ccc1[N+](=O)[O-]. The molecule has 21 heavy (non-hydrogen) atoms. The molecule has 1 atom stereocenters. The van der Waals surface area contributed by atoms with Gasteiger partial charge in [-0.05, 0) is 25.5 Å². The average Bonchev–Trinajstić information content (AvgIpc) is 2.38. The zero-order chi connectivity index (χ0) is 16.0. The highest BCUT2D eigenvalue weighted by Gasteiger charge is 2.27. The number of nitro benzene ring substituents is 1. The molecule has 1 N–H and O–H groups in total. The number of hydrogen-bond acceptors (Lipinski definition) is 4.